The Labute approximate surface area is 187 Å². The summed E-state index contributed by atoms with van der Waals surface area (Å²) in [5, 5.41) is 6.88. The van der Waals surface area contributed by atoms with Crippen molar-refractivity contribution in [2.45, 2.75) is 41.5 Å². The first kappa shape index (κ1) is 22.6. The predicted molar refractivity (Wildman–Crippen MR) is 138 cm³/mol. The molecule has 0 unspecified atom stereocenters. The van der Waals surface area contributed by atoms with Crippen LogP contribution in [0.15, 0.2) is 70.8 Å². The van der Waals surface area contributed by atoms with Crippen LogP contribution >= 0.6 is 0 Å². The number of anilines is 2. The Morgan fingerprint density at radius 3 is 2.13 bits per heavy atom. The monoisotopic (exact) mass is 413 g/mol. The third-order valence-electron chi connectivity index (χ3n) is 5.79. The van der Waals surface area contributed by atoms with Gasteiger partial charge in [-0.2, -0.15) is 0 Å². The van der Waals surface area contributed by atoms with Gasteiger partial charge in [-0.1, -0.05) is 24.3 Å². The summed E-state index contributed by atoms with van der Waals surface area (Å²) >= 11 is 0. The molecule has 0 aliphatic heterocycles. The Hall–Kier alpha value is -3.07. The maximum absolute atomic E-state index is 4.62. The van der Waals surface area contributed by atoms with Crippen LogP contribution in [-0.2, 0) is 0 Å². The summed E-state index contributed by atoms with van der Waals surface area (Å²) in [5.74, 6) is 0. The van der Waals surface area contributed by atoms with Gasteiger partial charge >= 0.3 is 0 Å². The van der Waals surface area contributed by atoms with Crippen LogP contribution in [0.5, 0.6) is 0 Å². The smallest absolute Gasteiger partial charge is 0.0603 e. The number of nitrogens with zero attached hydrogens (tertiary/aromatic N) is 1. The van der Waals surface area contributed by atoms with Crippen LogP contribution in [0.4, 0.5) is 11.4 Å². The summed E-state index contributed by atoms with van der Waals surface area (Å²) in [5.41, 5.74) is 12.2. The third-order valence-corrected chi connectivity index (χ3v) is 5.79. The fourth-order valence-electron chi connectivity index (χ4n) is 4.07. The summed E-state index contributed by atoms with van der Waals surface area (Å²) < 4.78 is 0. The molecule has 0 heterocycles. The number of allylic oxidation sites excluding steroid dienone is 5. The second-order valence-corrected chi connectivity index (χ2v) is 7.90. The van der Waals surface area contributed by atoms with Crippen LogP contribution in [0.1, 0.15) is 49.9 Å². The van der Waals surface area contributed by atoms with Gasteiger partial charge in [0.15, 0.2) is 0 Å². The number of hydrogen-bond donors (Lipinski definition) is 2. The summed E-state index contributed by atoms with van der Waals surface area (Å²) in [6.07, 6.45) is 6.63. The van der Waals surface area contributed by atoms with Gasteiger partial charge in [0.1, 0.15) is 0 Å². The van der Waals surface area contributed by atoms with Crippen molar-refractivity contribution in [3.63, 3.8) is 0 Å². The average Bonchev–Trinajstić information content (AvgIpc) is 2.76. The Kier molecular flexibility index (Phi) is 7.51. The van der Waals surface area contributed by atoms with Crippen molar-refractivity contribution in [2.75, 3.05) is 30.3 Å². The highest BCUT2D eigenvalue weighted by Gasteiger charge is 2.17. The Bertz CT molecular complexity index is 1050. The highest BCUT2D eigenvalue weighted by atomic mass is 14.9. The van der Waals surface area contributed by atoms with Crippen LogP contribution in [0, 0.1) is 13.8 Å². The molecule has 0 fully saturated rings. The molecule has 1 aliphatic carbocycles. The molecule has 3 heteroatoms. The van der Waals surface area contributed by atoms with E-state index in [1.165, 1.54) is 44.7 Å². The predicted octanol–water partition coefficient (Wildman–Crippen LogP) is 6.95. The standard InChI is InChI=1S/C28H35N3/c1-7-29-24-13-10-22(11-14-24)28(23-12-16-26(30-8-2)19(4)18-23)25-15-17-27(31-9-3)21(6)20(25)5/h10-18,29,31H,7-9H2,1-6H3/b28-23-,30-26?. The van der Waals surface area contributed by atoms with Gasteiger partial charge in [0.05, 0.1) is 5.71 Å². The summed E-state index contributed by atoms with van der Waals surface area (Å²) in [4.78, 5) is 4.62. The lowest BCUT2D eigenvalue weighted by Gasteiger charge is -2.20. The number of rotatable bonds is 7. The first-order chi connectivity index (χ1) is 15.0. The molecule has 0 aromatic heterocycles. The summed E-state index contributed by atoms with van der Waals surface area (Å²) in [6, 6.07) is 13.2. The maximum Gasteiger partial charge on any atom is 0.0603 e. The van der Waals surface area contributed by atoms with Gasteiger partial charge in [-0.05, 0) is 111 Å². The van der Waals surface area contributed by atoms with Crippen molar-refractivity contribution in [3.8, 4) is 0 Å². The highest BCUT2D eigenvalue weighted by Crippen LogP contribution is 2.35. The van der Waals surface area contributed by atoms with Crippen molar-refractivity contribution < 1.29 is 0 Å². The van der Waals surface area contributed by atoms with E-state index in [2.05, 4.69) is 112 Å². The zero-order chi connectivity index (χ0) is 22.4. The lowest BCUT2D eigenvalue weighted by atomic mass is 9.85. The molecule has 2 N–H and O–H groups in total. The van der Waals surface area contributed by atoms with Crippen LogP contribution in [-0.4, -0.2) is 25.3 Å². The fourth-order valence-corrected chi connectivity index (χ4v) is 4.07. The molecule has 162 valence electrons. The molecular formula is C28H35N3. The zero-order valence-electron chi connectivity index (χ0n) is 19.8. The van der Waals surface area contributed by atoms with Gasteiger partial charge in [-0.15, -0.1) is 0 Å². The first-order valence-electron chi connectivity index (χ1n) is 11.3. The molecule has 0 saturated carbocycles. The Balaban J connectivity index is 2.21. The Morgan fingerprint density at radius 1 is 0.806 bits per heavy atom. The molecule has 2 aromatic carbocycles. The van der Waals surface area contributed by atoms with Crippen molar-refractivity contribution >= 4 is 22.7 Å². The van der Waals surface area contributed by atoms with E-state index in [1.54, 1.807) is 0 Å². The number of aliphatic imine (C=N–C) groups is 1. The van der Waals surface area contributed by atoms with Crippen molar-refractivity contribution in [1.29, 1.82) is 0 Å². The normalized spacial score (nSPS) is 16.3. The lowest BCUT2D eigenvalue weighted by Crippen LogP contribution is -2.06. The zero-order valence-corrected chi connectivity index (χ0v) is 19.8. The molecule has 1 aliphatic rings. The molecule has 3 nitrogen and oxygen atoms in total. The minimum atomic E-state index is 0.798. The molecule has 0 bridgehead atoms. The summed E-state index contributed by atoms with van der Waals surface area (Å²) in [6.45, 7) is 15.6. The van der Waals surface area contributed by atoms with E-state index in [0.717, 1.165) is 31.0 Å². The molecule has 3 rings (SSSR count). The highest BCUT2D eigenvalue weighted by molar-refractivity contribution is 6.11. The molecule has 0 saturated heterocycles. The van der Waals surface area contributed by atoms with E-state index in [9.17, 15) is 0 Å². The lowest BCUT2D eigenvalue weighted by molar-refractivity contribution is 1.13. The minimum Gasteiger partial charge on any atom is -0.385 e. The number of nitrogens with one attached hydrogen (secondary N) is 2. The quantitative estimate of drug-likeness (QED) is 0.515. The van der Waals surface area contributed by atoms with Crippen LogP contribution < -0.4 is 10.6 Å². The second kappa shape index (κ2) is 10.3. The molecule has 0 spiro atoms. The van der Waals surface area contributed by atoms with Crippen molar-refractivity contribution in [1.82, 2.24) is 0 Å². The van der Waals surface area contributed by atoms with Crippen LogP contribution in [0.3, 0.4) is 0 Å². The topological polar surface area (TPSA) is 36.4 Å². The Morgan fingerprint density at radius 2 is 1.52 bits per heavy atom. The molecule has 0 amide bonds. The maximum atomic E-state index is 4.62. The number of hydrogen-bond acceptors (Lipinski definition) is 3. The molecular weight excluding hydrogens is 378 g/mol. The van der Waals surface area contributed by atoms with Crippen molar-refractivity contribution in [2.24, 2.45) is 4.99 Å². The molecule has 0 atom stereocenters. The molecule has 2 aromatic rings. The second-order valence-electron chi connectivity index (χ2n) is 7.90. The van der Waals surface area contributed by atoms with Gasteiger partial charge in [-0.25, -0.2) is 0 Å². The van der Waals surface area contributed by atoms with Gasteiger partial charge in [0, 0.05) is 31.0 Å². The van der Waals surface area contributed by atoms with E-state index in [1.807, 2.05) is 0 Å². The third kappa shape index (κ3) is 4.99. The van der Waals surface area contributed by atoms with Gasteiger partial charge in [0.2, 0.25) is 0 Å². The van der Waals surface area contributed by atoms with E-state index in [0.29, 0.717) is 0 Å². The molecule has 31 heavy (non-hydrogen) atoms. The first-order valence-corrected chi connectivity index (χ1v) is 11.3. The number of benzene rings is 2. The van der Waals surface area contributed by atoms with Crippen LogP contribution in [0.25, 0.3) is 5.57 Å². The minimum absolute atomic E-state index is 0.798. The fraction of sp³-hybridized carbons (Fsp3) is 0.321. The van der Waals surface area contributed by atoms with Gasteiger partial charge < -0.3 is 10.6 Å². The van der Waals surface area contributed by atoms with Crippen molar-refractivity contribution in [3.05, 3.63) is 88.0 Å². The van der Waals surface area contributed by atoms with E-state index in [-0.39, 0.29) is 0 Å². The van der Waals surface area contributed by atoms with Gasteiger partial charge in [0.25, 0.3) is 0 Å². The van der Waals surface area contributed by atoms with E-state index >= 15 is 0 Å². The van der Waals surface area contributed by atoms with E-state index < -0.39 is 0 Å². The van der Waals surface area contributed by atoms with E-state index in [4.69, 9.17) is 0 Å². The van der Waals surface area contributed by atoms with Gasteiger partial charge in [-0.3, -0.25) is 4.99 Å². The summed E-state index contributed by atoms with van der Waals surface area (Å²) in [7, 11) is 0. The van der Waals surface area contributed by atoms with Crippen LogP contribution in [0.2, 0.25) is 0 Å². The molecule has 0 radical (unpaired) electrons. The average molecular weight is 414 g/mol. The largest absolute Gasteiger partial charge is 0.385 e. The SMILES string of the molecule is CCN=C1C=C/C(=C(\c2ccc(NCC)cc2)c2ccc(NCC)c(C)c2C)C=C1C.